The van der Waals surface area contributed by atoms with E-state index in [1.165, 1.54) is 31.2 Å². The molecule has 0 heterocycles. The first-order valence-electron chi connectivity index (χ1n) is 7.80. The molecule has 0 aliphatic carbocycles. The van der Waals surface area contributed by atoms with E-state index in [2.05, 4.69) is 5.43 Å². The van der Waals surface area contributed by atoms with Gasteiger partial charge in [0.15, 0.2) is 12.4 Å². The number of aryl methyl sites for hydroxylation is 2. The van der Waals surface area contributed by atoms with Crippen molar-refractivity contribution in [3.63, 3.8) is 0 Å². The van der Waals surface area contributed by atoms with Crippen LogP contribution in [0.1, 0.15) is 28.4 Å². The van der Waals surface area contributed by atoms with Gasteiger partial charge in [0.05, 0.1) is 4.90 Å². The number of amides is 1. The van der Waals surface area contributed by atoms with Crippen molar-refractivity contribution in [3.8, 4) is 5.75 Å². The van der Waals surface area contributed by atoms with Crippen molar-refractivity contribution >= 4 is 21.7 Å². The minimum atomic E-state index is -4.00. The van der Waals surface area contributed by atoms with Crippen molar-refractivity contribution in [2.24, 2.45) is 0 Å². The van der Waals surface area contributed by atoms with Gasteiger partial charge < -0.3 is 4.74 Å². The molecule has 7 nitrogen and oxygen atoms in total. The van der Waals surface area contributed by atoms with Crippen molar-refractivity contribution in [2.75, 3.05) is 6.61 Å². The van der Waals surface area contributed by atoms with Crippen LogP contribution in [0.15, 0.2) is 47.4 Å². The van der Waals surface area contributed by atoms with E-state index in [1.54, 1.807) is 12.1 Å². The van der Waals surface area contributed by atoms with Gasteiger partial charge >= 0.3 is 0 Å². The van der Waals surface area contributed by atoms with E-state index >= 15 is 0 Å². The maximum absolute atomic E-state index is 12.2. The summed E-state index contributed by atoms with van der Waals surface area (Å²) in [5.41, 5.74) is 4.33. The number of rotatable bonds is 7. The molecule has 2 aromatic rings. The first-order valence-corrected chi connectivity index (χ1v) is 9.28. The van der Waals surface area contributed by atoms with Gasteiger partial charge in [0.2, 0.25) is 0 Å². The van der Waals surface area contributed by atoms with Crippen molar-refractivity contribution in [1.82, 2.24) is 10.3 Å². The molecule has 0 aliphatic rings. The van der Waals surface area contributed by atoms with Gasteiger partial charge in [-0.1, -0.05) is 18.2 Å². The Bertz CT molecular complexity index is 918. The molecule has 2 N–H and O–H groups in total. The van der Waals surface area contributed by atoms with Crippen LogP contribution in [-0.4, -0.2) is 26.7 Å². The van der Waals surface area contributed by atoms with Crippen molar-refractivity contribution in [3.05, 3.63) is 59.2 Å². The molecule has 0 aliphatic heterocycles. The van der Waals surface area contributed by atoms with Gasteiger partial charge in [-0.05, 0) is 56.2 Å². The summed E-state index contributed by atoms with van der Waals surface area (Å²) in [6.07, 6.45) is 0. The Morgan fingerprint density at radius 1 is 1.04 bits per heavy atom. The second-order valence-electron chi connectivity index (χ2n) is 5.85. The van der Waals surface area contributed by atoms with Crippen molar-refractivity contribution in [2.45, 2.75) is 25.7 Å². The zero-order chi connectivity index (χ0) is 19.3. The average molecular weight is 376 g/mol. The monoisotopic (exact) mass is 376 g/mol. The SMILES string of the molecule is CC(=O)c1cccc(S(=O)(=O)NNC(=O)COc2cc(C)cc(C)c2)c1. The molecule has 0 fully saturated rings. The molecule has 2 aromatic carbocycles. The second-order valence-corrected chi connectivity index (χ2v) is 7.53. The molecule has 0 aromatic heterocycles. The normalized spacial score (nSPS) is 11.0. The molecule has 0 atom stereocenters. The second kappa shape index (κ2) is 8.11. The van der Waals surface area contributed by atoms with Crippen LogP contribution in [0.3, 0.4) is 0 Å². The molecule has 0 radical (unpaired) electrons. The fourth-order valence-corrected chi connectivity index (χ4v) is 3.17. The van der Waals surface area contributed by atoms with Gasteiger partial charge in [-0.25, -0.2) is 8.42 Å². The van der Waals surface area contributed by atoms with Gasteiger partial charge in [-0.3, -0.25) is 15.0 Å². The van der Waals surface area contributed by atoms with Crippen LogP contribution in [0, 0.1) is 13.8 Å². The van der Waals surface area contributed by atoms with Gasteiger partial charge in [-0.15, -0.1) is 4.83 Å². The largest absolute Gasteiger partial charge is 0.484 e. The van der Waals surface area contributed by atoms with Crippen LogP contribution in [0.2, 0.25) is 0 Å². The predicted octanol–water partition coefficient (Wildman–Crippen LogP) is 1.89. The van der Waals surface area contributed by atoms with Gasteiger partial charge in [0.1, 0.15) is 5.75 Å². The molecule has 138 valence electrons. The number of Topliss-reactive ketones (excluding diaryl/α,β-unsaturated/α-hetero) is 1. The first kappa shape index (κ1) is 19.6. The number of sulfonamides is 1. The summed E-state index contributed by atoms with van der Waals surface area (Å²) in [6, 6.07) is 11.1. The minimum absolute atomic E-state index is 0.124. The maximum atomic E-state index is 12.2. The van der Waals surface area contributed by atoms with Gasteiger partial charge in [0, 0.05) is 5.56 Å². The number of hydrogen-bond donors (Lipinski definition) is 2. The Morgan fingerprint density at radius 2 is 1.69 bits per heavy atom. The van der Waals surface area contributed by atoms with E-state index < -0.39 is 15.9 Å². The number of hydrogen-bond acceptors (Lipinski definition) is 5. The molecular weight excluding hydrogens is 356 g/mol. The third-order valence-electron chi connectivity index (χ3n) is 3.44. The highest BCUT2D eigenvalue weighted by atomic mass is 32.2. The van der Waals surface area contributed by atoms with E-state index in [-0.39, 0.29) is 22.8 Å². The summed E-state index contributed by atoms with van der Waals surface area (Å²) in [6.45, 7) is 4.80. The molecule has 0 spiro atoms. The van der Waals surface area contributed by atoms with Crippen LogP contribution >= 0.6 is 0 Å². The lowest BCUT2D eigenvalue weighted by Gasteiger charge is -2.11. The molecule has 0 saturated heterocycles. The lowest BCUT2D eigenvalue weighted by Crippen LogP contribution is -2.43. The number of carbonyl (C=O) groups is 2. The molecule has 0 bridgehead atoms. The average Bonchev–Trinajstić information content (AvgIpc) is 2.57. The summed E-state index contributed by atoms with van der Waals surface area (Å²) < 4.78 is 29.8. The third kappa shape index (κ3) is 5.40. The molecule has 26 heavy (non-hydrogen) atoms. The van der Waals surface area contributed by atoms with E-state index in [0.29, 0.717) is 5.75 Å². The van der Waals surface area contributed by atoms with E-state index in [9.17, 15) is 18.0 Å². The highest BCUT2D eigenvalue weighted by Crippen LogP contribution is 2.16. The first-order chi connectivity index (χ1) is 12.2. The Labute approximate surface area is 152 Å². The van der Waals surface area contributed by atoms with Crippen LogP contribution in [0.4, 0.5) is 0 Å². The Kier molecular flexibility index (Phi) is 6.12. The molecule has 0 unspecified atom stereocenters. The lowest BCUT2D eigenvalue weighted by atomic mass is 10.1. The minimum Gasteiger partial charge on any atom is -0.484 e. The Hall–Kier alpha value is -2.71. The van der Waals surface area contributed by atoms with Crippen LogP contribution in [0.25, 0.3) is 0 Å². The Morgan fingerprint density at radius 3 is 2.31 bits per heavy atom. The summed E-state index contributed by atoms with van der Waals surface area (Å²) >= 11 is 0. The number of benzene rings is 2. The number of ketones is 1. The van der Waals surface area contributed by atoms with E-state index in [1.807, 2.05) is 24.7 Å². The van der Waals surface area contributed by atoms with Gasteiger partial charge in [0.25, 0.3) is 15.9 Å². The van der Waals surface area contributed by atoms with Crippen LogP contribution < -0.4 is 15.0 Å². The lowest BCUT2D eigenvalue weighted by molar-refractivity contribution is -0.123. The molecule has 1 amide bonds. The molecule has 8 heteroatoms. The van der Waals surface area contributed by atoms with Crippen molar-refractivity contribution in [1.29, 1.82) is 0 Å². The zero-order valence-corrected chi connectivity index (χ0v) is 15.5. The molecule has 0 saturated carbocycles. The van der Waals surface area contributed by atoms with E-state index in [4.69, 9.17) is 4.74 Å². The quantitative estimate of drug-likeness (QED) is 0.568. The number of ether oxygens (including phenoxy) is 1. The fourth-order valence-electron chi connectivity index (χ4n) is 2.27. The summed E-state index contributed by atoms with van der Waals surface area (Å²) in [5, 5.41) is 0. The van der Waals surface area contributed by atoms with Crippen LogP contribution in [0.5, 0.6) is 5.75 Å². The maximum Gasteiger partial charge on any atom is 0.272 e. The zero-order valence-electron chi connectivity index (χ0n) is 14.7. The fraction of sp³-hybridized carbons (Fsp3) is 0.222. The van der Waals surface area contributed by atoms with Crippen molar-refractivity contribution < 1.29 is 22.7 Å². The molecular formula is C18H20N2O5S. The number of carbonyl (C=O) groups excluding carboxylic acids is 2. The summed E-state index contributed by atoms with van der Waals surface area (Å²) in [4.78, 5) is 25.0. The topological polar surface area (TPSA) is 102 Å². The highest BCUT2D eigenvalue weighted by molar-refractivity contribution is 7.89. The summed E-state index contributed by atoms with van der Waals surface area (Å²) in [5.74, 6) is -0.391. The van der Waals surface area contributed by atoms with Gasteiger partial charge in [-0.2, -0.15) is 0 Å². The Balaban J connectivity index is 1.95. The molecule has 2 rings (SSSR count). The smallest absolute Gasteiger partial charge is 0.272 e. The third-order valence-corrected chi connectivity index (χ3v) is 4.69. The highest BCUT2D eigenvalue weighted by Gasteiger charge is 2.16. The van der Waals surface area contributed by atoms with E-state index in [0.717, 1.165) is 11.1 Å². The summed E-state index contributed by atoms with van der Waals surface area (Å²) in [7, 11) is -4.00. The number of nitrogens with one attached hydrogen (secondary N) is 2. The number of hydrazine groups is 1. The predicted molar refractivity (Wildman–Crippen MR) is 96.3 cm³/mol. The van der Waals surface area contributed by atoms with Crippen LogP contribution in [-0.2, 0) is 14.8 Å². The standard InChI is InChI=1S/C18H20N2O5S/c1-12-7-13(2)9-16(8-12)25-11-18(22)19-20-26(23,24)17-6-4-5-15(10-17)14(3)21/h4-10,20H,11H2,1-3H3,(H,19,22).